The minimum atomic E-state index is -0.521. The van der Waals surface area contributed by atoms with Crippen LogP contribution in [0.4, 0.5) is 11.5 Å². The second kappa shape index (κ2) is 15.2. The maximum absolute atomic E-state index is 14.8. The topological polar surface area (TPSA) is 73.8 Å². The number of aryl methyl sites for hydroxylation is 2. The van der Waals surface area contributed by atoms with Crippen molar-refractivity contribution in [3.8, 4) is 22.3 Å². The zero-order valence-electron chi connectivity index (χ0n) is 30.5. The van der Waals surface area contributed by atoms with Crippen LogP contribution < -0.4 is 9.80 Å². The molecule has 53 heavy (non-hydrogen) atoms. The molecule has 0 saturated carbocycles. The van der Waals surface area contributed by atoms with E-state index in [0.29, 0.717) is 34.4 Å². The molecule has 1 unspecified atom stereocenters. The third-order valence-corrected chi connectivity index (χ3v) is 9.98. The summed E-state index contributed by atoms with van der Waals surface area (Å²) in [5.41, 5.74) is 8.38. The highest BCUT2D eigenvalue weighted by Gasteiger charge is 2.32. The Labute approximate surface area is 311 Å². The van der Waals surface area contributed by atoms with Gasteiger partial charge in [-0.15, -0.1) is 0 Å². The molecule has 1 aliphatic rings. The summed E-state index contributed by atoms with van der Waals surface area (Å²) in [6.07, 6.45) is 3.24. The Morgan fingerprint density at radius 2 is 1.17 bits per heavy atom. The van der Waals surface area contributed by atoms with Gasteiger partial charge in [-0.25, -0.2) is 9.88 Å². The van der Waals surface area contributed by atoms with Gasteiger partial charge in [0.25, 0.3) is 17.7 Å². The summed E-state index contributed by atoms with van der Waals surface area (Å²) in [7, 11) is 4.13. The Balaban J connectivity index is 1.30. The fourth-order valence-corrected chi connectivity index (χ4v) is 7.13. The molecule has 3 amide bonds. The minimum Gasteiger partial charge on any atom is -0.308 e. The van der Waals surface area contributed by atoms with Crippen LogP contribution in [0.1, 0.15) is 66.6 Å². The molecule has 0 saturated heterocycles. The van der Waals surface area contributed by atoms with Gasteiger partial charge < -0.3 is 9.80 Å². The van der Waals surface area contributed by atoms with E-state index in [1.807, 2.05) is 110 Å². The smallest absolute Gasteiger partial charge is 0.267 e. The summed E-state index contributed by atoms with van der Waals surface area (Å²) in [6.45, 7) is 4.59. The summed E-state index contributed by atoms with van der Waals surface area (Å²) in [5, 5.41) is 0. The average molecular weight is 699 g/mol. The fraction of sp³-hybridized carbons (Fsp3) is 0.174. The Bertz CT molecular complexity index is 2180. The van der Waals surface area contributed by atoms with Crippen molar-refractivity contribution in [2.75, 3.05) is 30.4 Å². The molecular formula is C46H42N4O3. The van der Waals surface area contributed by atoms with Gasteiger partial charge in [-0.05, 0) is 98.9 Å². The third-order valence-electron chi connectivity index (χ3n) is 9.98. The summed E-state index contributed by atoms with van der Waals surface area (Å²) in [4.78, 5) is 53.6. The van der Waals surface area contributed by atoms with Gasteiger partial charge in [0, 0.05) is 35.6 Å². The molecule has 0 aliphatic carbocycles. The summed E-state index contributed by atoms with van der Waals surface area (Å²) >= 11 is 0. The van der Waals surface area contributed by atoms with Crippen LogP contribution in [-0.4, -0.2) is 48.2 Å². The molecule has 2 heterocycles. The zero-order chi connectivity index (χ0) is 37.1. The third kappa shape index (κ3) is 7.16. The van der Waals surface area contributed by atoms with Crippen LogP contribution in [0.2, 0.25) is 0 Å². The van der Waals surface area contributed by atoms with E-state index in [4.69, 9.17) is 0 Å². The number of para-hydroxylation sites is 1. The van der Waals surface area contributed by atoms with Crippen molar-refractivity contribution in [3.05, 3.63) is 173 Å². The number of benzene rings is 5. The number of nitrogens with zero attached hydrogens (tertiary/aromatic N) is 4. The van der Waals surface area contributed by atoms with E-state index in [9.17, 15) is 14.4 Å². The number of anilines is 2. The summed E-state index contributed by atoms with van der Waals surface area (Å²) < 4.78 is 0. The van der Waals surface area contributed by atoms with Crippen molar-refractivity contribution >= 4 is 29.2 Å². The van der Waals surface area contributed by atoms with Crippen molar-refractivity contribution in [3.63, 3.8) is 0 Å². The highest BCUT2D eigenvalue weighted by atomic mass is 16.2. The molecule has 264 valence electrons. The van der Waals surface area contributed by atoms with Gasteiger partial charge in [-0.3, -0.25) is 14.4 Å². The molecule has 1 atom stereocenters. The first-order valence-corrected chi connectivity index (χ1v) is 18.0. The molecule has 0 bridgehead atoms. The molecule has 6 aromatic rings. The van der Waals surface area contributed by atoms with Crippen LogP contribution in [0.15, 0.2) is 140 Å². The van der Waals surface area contributed by atoms with Crippen molar-refractivity contribution in [2.45, 2.75) is 32.7 Å². The van der Waals surface area contributed by atoms with E-state index in [1.54, 1.807) is 36.4 Å². The maximum Gasteiger partial charge on any atom is 0.267 e. The van der Waals surface area contributed by atoms with Crippen molar-refractivity contribution < 1.29 is 14.4 Å². The second-order valence-corrected chi connectivity index (χ2v) is 13.8. The van der Waals surface area contributed by atoms with E-state index >= 15 is 0 Å². The van der Waals surface area contributed by atoms with E-state index < -0.39 is 11.8 Å². The molecule has 0 spiro atoms. The number of imide groups is 1. The molecule has 1 aromatic heterocycles. The van der Waals surface area contributed by atoms with Gasteiger partial charge >= 0.3 is 0 Å². The van der Waals surface area contributed by atoms with Crippen molar-refractivity contribution in [1.82, 2.24) is 9.88 Å². The van der Waals surface area contributed by atoms with E-state index in [2.05, 4.69) is 30.0 Å². The lowest BCUT2D eigenvalue weighted by molar-refractivity contribution is 0.0896. The SMILES string of the molecule is Cc1ccc(-c2ccccc2C(=O)N(C(=O)c2ccccc2-c2ccc(C)cc2)c2ccc(C(=O)N3CCCC(N(C)C)c4ccccc43)cn2)cc1. The number of hydrogen-bond acceptors (Lipinski definition) is 5. The highest BCUT2D eigenvalue weighted by molar-refractivity contribution is 6.28. The first kappa shape index (κ1) is 35.2. The molecule has 7 nitrogen and oxygen atoms in total. The monoisotopic (exact) mass is 698 g/mol. The molecule has 0 radical (unpaired) electrons. The Morgan fingerprint density at radius 1 is 0.642 bits per heavy atom. The number of hydrogen-bond donors (Lipinski definition) is 0. The highest BCUT2D eigenvalue weighted by Crippen LogP contribution is 2.36. The average Bonchev–Trinajstić information content (AvgIpc) is 3.39. The Morgan fingerprint density at radius 3 is 1.70 bits per heavy atom. The van der Waals surface area contributed by atoms with Crippen LogP contribution in [-0.2, 0) is 0 Å². The van der Waals surface area contributed by atoms with Crippen LogP contribution in [0.5, 0.6) is 0 Å². The number of fused-ring (bicyclic) bond motifs is 1. The Hall–Kier alpha value is -6.18. The number of pyridine rings is 1. The predicted molar refractivity (Wildman–Crippen MR) is 212 cm³/mol. The number of carbonyl (C=O) groups excluding carboxylic acids is 3. The lowest BCUT2D eigenvalue weighted by atomic mass is 9.96. The van der Waals surface area contributed by atoms with Gasteiger partial charge in [0.05, 0.1) is 5.56 Å². The molecule has 1 aliphatic heterocycles. The number of rotatable bonds is 7. The van der Waals surface area contributed by atoms with Gasteiger partial charge in [-0.2, -0.15) is 0 Å². The van der Waals surface area contributed by atoms with Gasteiger partial charge in [-0.1, -0.05) is 114 Å². The number of aromatic nitrogens is 1. The molecular weight excluding hydrogens is 657 g/mol. The Kier molecular flexibility index (Phi) is 10.1. The van der Waals surface area contributed by atoms with E-state index in [0.717, 1.165) is 51.2 Å². The standard InChI is InChI=1S/C46H42N4O3/c1-31-19-23-33(24-20-31)36-12-5-7-14-38(36)45(52)50(46(53)39-15-8-6-13-37(39)34-25-21-32(2)22-26-34)43-28-27-35(30-47-43)44(51)49-29-11-18-41(48(3)4)40-16-9-10-17-42(40)49/h5-10,12-17,19-28,30,41H,11,18,29H2,1-4H3. The van der Waals surface area contributed by atoms with Crippen molar-refractivity contribution in [2.24, 2.45) is 0 Å². The largest absolute Gasteiger partial charge is 0.308 e. The first-order valence-electron chi connectivity index (χ1n) is 18.0. The number of carbonyl (C=O) groups is 3. The van der Waals surface area contributed by atoms with Crippen LogP contribution in [0.25, 0.3) is 22.3 Å². The zero-order valence-corrected chi connectivity index (χ0v) is 30.5. The summed E-state index contributed by atoms with van der Waals surface area (Å²) in [6, 6.07) is 42.0. The summed E-state index contributed by atoms with van der Waals surface area (Å²) in [5.74, 6) is -1.10. The molecule has 7 rings (SSSR count). The van der Waals surface area contributed by atoms with Gasteiger partial charge in [0.15, 0.2) is 0 Å². The van der Waals surface area contributed by atoms with Crippen molar-refractivity contribution in [1.29, 1.82) is 0 Å². The molecule has 7 heteroatoms. The van der Waals surface area contributed by atoms with Crippen LogP contribution in [0.3, 0.4) is 0 Å². The molecule has 5 aromatic carbocycles. The van der Waals surface area contributed by atoms with E-state index in [1.165, 1.54) is 6.20 Å². The van der Waals surface area contributed by atoms with Crippen LogP contribution in [0, 0.1) is 13.8 Å². The van der Waals surface area contributed by atoms with Gasteiger partial charge in [0.2, 0.25) is 0 Å². The minimum absolute atomic E-state index is 0.123. The molecule has 0 N–H and O–H groups in total. The lowest BCUT2D eigenvalue weighted by Gasteiger charge is -2.27. The predicted octanol–water partition coefficient (Wildman–Crippen LogP) is 9.56. The van der Waals surface area contributed by atoms with Crippen LogP contribution >= 0.6 is 0 Å². The van der Waals surface area contributed by atoms with E-state index in [-0.39, 0.29) is 17.8 Å². The molecule has 0 fully saturated rings. The normalized spacial score (nSPS) is 14.0. The number of amides is 3. The first-order chi connectivity index (χ1) is 25.7. The quantitative estimate of drug-likeness (QED) is 0.155. The van der Waals surface area contributed by atoms with Gasteiger partial charge in [0.1, 0.15) is 5.82 Å². The second-order valence-electron chi connectivity index (χ2n) is 13.8. The maximum atomic E-state index is 14.8. The lowest BCUT2D eigenvalue weighted by Crippen LogP contribution is -2.38. The fourth-order valence-electron chi connectivity index (χ4n) is 7.13.